The van der Waals surface area contributed by atoms with Crippen molar-refractivity contribution in [2.75, 3.05) is 17.3 Å². The zero-order valence-corrected chi connectivity index (χ0v) is 12.6. The summed E-state index contributed by atoms with van der Waals surface area (Å²) in [7, 11) is 0. The first-order chi connectivity index (χ1) is 8.09. The van der Waals surface area contributed by atoms with E-state index in [4.69, 9.17) is 11.6 Å². The number of thioether (sulfide) groups is 2. The number of hydrogen-bond acceptors (Lipinski definition) is 3. The zero-order chi connectivity index (χ0) is 12.7. The lowest BCUT2D eigenvalue weighted by molar-refractivity contribution is 0.225. The molecule has 1 unspecified atom stereocenters. The predicted molar refractivity (Wildman–Crippen MR) is 80.3 cm³/mol. The van der Waals surface area contributed by atoms with Crippen LogP contribution in [0.15, 0.2) is 29.2 Å². The third-order valence-electron chi connectivity index (χ3n) is 2.03. The Hall–Kier alpha value is 0.170. The average molecular weight is 291 g/mol. The van der Waals surface area contributed by atoms with Crippen LogP contribution < -0.4 is 0 Å². The maximum Gasteiger partial charge on any atom is 0.0724 e. The van der Waals surface area contributed by atoms with Gasteiger partial charge in [-0.2, -0.15) is 11.8 Å². The number of halogens is 1. The Morgan fingerprint density at radius 3 is 2.53 bits per heavy atom. The van der Waals surface area contributed by atoms with Crippen LogP contribution in [0.3, 0.4) is 0 Å². The molecule has 1 rings (SSSR count). The van der Waals surface area contributed by atoms with Crippen LogP contribution in [-0.4, -0.2) is 28.5 Å². The van der Waals surface area contributed by atoms with Crippen molar-refractivity contribution in [2.45, 2.75) is 24.8 Å². The smallest absolute Gasteiger partial charge is 0.0724 e. The fraction of sp³-hybridized carbons (Fsp3) is 0.538. The monoisotopic (exact) mass is 290 g/mol. The molecule has 0 saturated carbocycles. The molecule has 1 nitrogen and oxygen atoms in total. The average Bonchev–Trinajstić information content (AvgIpc) is 2.27. The maximum absolute atomic E-state index is 9.83. The van der Waals surface area contributed by atoms with Gasteiger partial charge in [-0.1, -0.05) is 37.6 Å². The molecule has 0 amide bonds. The van der Waals surface area contributed by atoms with Gasteiger partial charge in [0.25, 0.3) is 0 Å². The molecule has 1 aromatic rings. The Bertz CT molecular complexity index is 331. The van der Waals surface area contributed by atoms with Gasteiger partial charge in [-0.05, 0) is 23.8 Å². The second-order valence-corrected chi connectivity index (χ2v) is 6.87. The lowest BCUT2D eigenvalue weighted by Gasteiger charge is -2.11. The van der Waals surface area contributed by atoms with Gasteiger partial charge in [0.2, 0.25) is 0 Å². The number of hydrogen-bond donors (Lipinski definition) is 1. The van der Waals surface area contributed by atoms with Gasteiger partial charge in [-0.25, -0.2) is 0 Å². The number of aliphatic hydroxyl groups is 1. The van der Waals surface area contributed by atoms with Crippen LogP contribution in [0.2, 0.25) is 5.02 Å². The largest absolute Gasteiger partial charge is 0.391 e. The molecule has 17 heavy (non-hydrogen) atoms. The van der Waals surface area contributed by atoms with E-state index in [1.807, 2.05) is 36.0 Å². The molecule has 1 N–H and O–H groups in total. The Morgan fingerprint density at radius 2 is 1.88 bits per heavy atom. The Labute approximate surface area is 117 Å². The van der Waals surface area contributed by atoms with E-state index >= 15 is 0 Å². The van der Waals surface area contributed by atoms with E-state index in [2.05, 4.69) is 13.8 Å². The summed E-state index contributed by atoms with van der Waals surface area (Å²) < 4.78 is 0. The fourth-order valence-corrected chi connectivity index (χ4v) is 3.55. The number of aliphatic hydroxyl groups excluding tert-OH is 1. The van der Waals surface area contributed by atoms with E-state index in [1.54, 1.807) is 11.8 Å². The maximum atomic E-state index is 9.83. The topological polar surface area (TPSA) is 20.2 Å². The van der Waals surface area contributed by atoms with Crippen LogP contribution in [0.1, 0.15) is 13.8 Å². The molecule has 0 radical (unpaired) electrons. The molecule has 4 heteroatoms. The van der Waals surface area contributed by atoms with E-state index in [1.165, 1.54) is 0 Å². The molecule has 0 fully saturated rings. The first-order valence-corrected chi connectivity index (χ1v) is 8.24. The van der Waals surface area contributed by atoms with Crippen molar-refractivity contribution in [1.29, 1.82) is 0 Å². The summed E-state index contributed by atoms with van der Waals surface area (Å²) in [6, 6.07) is 7.75. The van der Waals surface area contributed by atoms with Gasteiger partial charge < -0.3 is 5.11 Å². The predicted octanol–water partition coefficient (Wildman–Crippen LogP) is 4.18. The van der Waals surface area contributed by atoms with E-state index in [0.29, 0.717) is 11.7 Å². The van der Waals surface area contributed by atoms with Gasteiger partial charge in [-0.3, -0.25) is 0 Å². The van der Waals surface area contributed by atoms with Crippen LogP contribution in [-0.2, 0) is 0 Å². The highest BCUT2D eigenvalue weighted by atomic mass is 35.5. The van der Waals surface area contributed by atoms with Crippen molar-refractivity contribution in [3.8, 4) is 0 Å². The molecular formula is C13H19ClOS2. The molecule has 96 valence electrons. The van der Waals surface area contributed by atoms with Crippen molar-refractivity contribution in [1.82, 2.24) is 0 Å². The summed E-state index contributed by atoms with van der Waals surface area (Å²) >= 11 is 9.48. The van der Waals surface area contributed by atoms with E-state index in [9.17, 15) is 5.11 Å². The van der Waals surface area contributed by atoms with Crippen molar-refractivity contribution < 1.29 is 5.11 Å². The quantitative estimate of drug-likeness (QED) is 0.761. The summed E-state index contributed by atoms with van der Waals surface area (Å²) in [5, 5.41) is 10.6. The van der Waals surface area contributed by atoms with Gasteiger partial charge in [0.05, 0.1) is 11.1 Å². The molecular weight excluding hydrogens is 272 g/mol. The summed E-state index contributed by atoms with van der Waals surface area (Å²) in [5.41, 5.74) is 0. The summed E-state index contributed by atoms with van der Waals surface area (Å²) in [6.07, 6.45) is -0.264. The molecule has 0 aliphatic heterocycles. The van der Waals surface area contributed by atoms with Crippen molar-refractivity contribution in [3.63, 3.8) is 0 Å². The first-order valence-electron chi connectivity index (χ1n) is 5.72. The van der Waals surface area contributed by atoms with Crippen LogP contribution in [0.5, 0.6) is 0 Å². The Morgan fingerprint density at radius 1 is 1.18 bits per heavy atom. The van der Waals surface area contributed by atoms with E-state index < -0.39 is 0 Å². The summed E-state index contributed by atoms with van der Waals surface area (Å²) in [4.78, 5) is 1.04. The van der Waals surface area contributed by atoms with Crippen LogP contribution in [0.25, 0.3) is 0 Å². The van der Waals surface area contributed by atoms with Crippen LogP contribution >= 0.6 is 35.1 Å². The summed E-state index contributed by atoms with van der Waals surface area (Å²) in [5.74, 6) is 3.29. The Kier molecular flexibility index (Phi) is 7.44. The molecule has 0 aliphatic carbocycles. The lowest BCUT2D eigenvalue weighted by atomic mass is 10.3. The minimum atomic E-state index is -0.264. The molecule has 0 spiro atoms. The zero-order valence-electron chi connectivity index (χ0n) is 10.2. The van der Waals surface area contributed by atoms with E-state index in [0.717, 1.165) is 21.4 Å². The highest BCUT2D eigenvalue weighted by molar-refractivity contribution is 8.00. The third-order valence-corrected chi connectivity index (χ3v) is 5.21. The van der Waals surface area contributed by atoms with Gasteiger partial charge >= 0.3 is 0 Å². The third kappa shape index (κ3) is 6.61. The molecule has 1 aromatic carbocycles. The summed E-state index contributed by atoms with van der Waals surface area (Å²) in [6.45, 7) is 4.38. The van der Waals surface area contributed by atoms with Gasteiger partial charge in [0.15, 0.2) is 0 Å². The van der Waals surface area contributed by atoms with E-state index in [-0.39, 0.29) is 6.10 Å². The van der Waals surface area contributed by atoms with Gasteiger partial charge in [0.1, 0.15) is 0 Å². The number of benzene rings is 1. The molecule has 0 aliphatic rings. The van der Waals surface area contributed by atoms with Gasteiger partial charge in [-0.15, -0.1) is 11.8 Å². The second-order valence-electron chi connectivity index (χ2n) is 4.33. The van der Waals surface area contributed by atoms with Crippen LogP contribution in [0.4, 0.5) is 0 Å². The molecule has 0 saturated heterocycles. The second kappa shape index (κ2) is 8.30. The normalized spacial score (nSPS) is 13.0. The SMILES string of the molecule is CC(C)CSCC(O)CSc1ccccc1Cl. The highest BCUT2D eigenvalue weighted by Gasteiger charge is 2.07. The number of rotatable bonds is 7. The van der Waals surface area contributed by atoms with Crippen LogP contribution in [0, 0.1) is 5.92 Å². The Balaban J connectivity index is 2.24. The molecule has 0 heterocycles. The molecule has 0 bridgehead atoms. The first kappa shape index (κ1) is 15.2. The molecule has 0 aromatic heterocycles. The van der Waals surface area contributed by atoms with Gasteiger partial charge in [0, 0.05) is 16.4 Å². The lowest BCUT2D eigenvalue weighted by Crippen LogP contribution is -2.14. The highest BCUT2D eigenvalue weighted by Crippen LogP contribution is 2.27. The minimum absolute atomic E-state index is 0.264. The molecule has 1 atom stereocenters. The van der Waals surface area contributed by atoms with Crippen molar-refractivity contribution in [3.05, 3.63) is 29.3 Å². The van der Waals surface area contributed by atoms with Crippen molar-refractivity contribution >= 4 is 35.1 Å². The van der Waals surface area contributed by atoms with Crippen molar-refractivity contribution in [2.24, 2.45) is 5.92 Å². The fourth-order valence-electron chi connectivity index (χ4n) is 1.24. The minimum Gasteiger partial charge on any atom is -0.391 e. The standard InChI is InChI=1S/C13H19ClOS2/c1-10(2)7-16-8-11(15)9-17-13-6-4-3-5-12(13)14/h3-6,10-11,15H,7-9H2,1-2H3.